The van der Waals surface area contributed by atoms with E-state index in [0.717, 1.165) is 19.4 Å². The molecule has 0 spiro atoms. The molecule has 1 heterocycles. The molecule has 106 valence electrons. The first-order chi connectivity index (χ1) is 9.70. The predicted molar refractivity (Wildman–Crippen MR) is 86.6 cm³/mol. The van der Waals surface area contributed by atoms with E-state index < -0.39 is 0 Å². The molecule has 1 aromatic carbocycles. The molecule has 1 aliphatic carbocycles. The Morgan fingerprint density at radius 2 is 1.95 bits per heavy atom. The van der Waals surface area contributed by atoms with E-state index in [9.17, 15) is 0 Å². The van der Waals surface area contributed by atoms with E-state index in [4.69, 9.17) is 4.98 Å². The summed E-state index contributed by atoms with van der Waals surface area (Å²) in [6, 6.07) is 4.54. The van der Waals surface area contributed by atoms with Crippen LogP contribution in [0.2, 0.25) is 0 Å². The van der Waals surface area contributed by atoms with E-state index in [2.05, 4.69) is 38.2 Å². The van der Waals surface area contributed by atoms with Gasteiger partial charge in [-0.15, -0.1) is 0 Å². The third-order valence-corrected chi connectivity index (χ3v) is 4.25. The highest BCUT2D eigenvalue weighted by atomic mass is 14.9. The minimum absolute atomic E-state index is 1.04. The SMILES string of the molecule is CCCNc1c2c(nc3c(C)cc(C)cc13)CCCC2. The second-order valence-corrected chi connectivity index (χ2v) is 6.02. The van der Waals surface area contributed by atoms with Gasteiger partial charge in [-0.2, -0.15) is 0 Å². The van der Waals surface area contributed by atoms with E-state index in [1.54, 1.807) is 0 Å². The van der Waals surface area contributed by atoms with E-state index in [1.165, 1.54) is 58.2 Å². The van der Waals surface area contributed by atoms with Crippen LogP contribution in [0.1, 0.15) is 48.6 Å². The smallest absolute Gasteiger partial charge is 0.0755 e. The predicted octanol–water partition coefficient (Wildman–Crippen LogP) is 4.55. The number of nitrogens with one attached hydrogen (secondary N) is 1. The van der Waals surface area contributed by atoms with Crippen molar-refractivity contribution in [3.8, 4) is 0 Å². The molecule has 0 unspecified atom stereocenters. The molecule has 0 saturated carbocycles. The molecule has 0 amide bonds. The molecule has 20 heavy (non-hydrogen) atoms. The van der Waals surface area contributed by atoms with E-state index >= 15 is 0 Å². The van der Waals surface area contributed by atoms with Crippen LogP contribution in [0.5, 0.6) is 0 Å². The topological polar surface area (TPSA) is 24.9 Å². The average molecular weight is 268 g/mol. The summed E-state index contributed by atoms with van der Waals surface area (Å²) in [5, 5.41) is 5.00. The number of benzene rings is 1. The lowest BCUT2D eigenvalue weighted by atomic mass is 9.91. The van der Waals surface area contributed by atoms with E-state index in [1.807, 2.05) is 0 Å². The second kappa shape index (κ2) is 5.43. The van der Waals surface area contributed by atoms with E-state index in [0.29, 0.717) is 0 Å². The third-order valence-electron chi connectivity index (χ3n) is 4.25. The van der Waals surface area contributed by atoms with Crippen LogP contribution < -0.4 is 5.32 Å². The zero-order chi connectivity index (χ0) is 14.1. The Kier molecular flexibility index (Phi) is 3.64. The molecule has 0 saturated heterocycles. The van der Waals surface area contributed by atoms with Gasteiger partial charge in [0.05, 0.1) is 5.52 Å². The van der Waals surface area contributed by atoms with Crippen molar-refractivity contribution < 1.29 is 0 Å². The lowest BCUT2D eigenvalue weighted by molar-refractivity contribution is 0.671. The monoisotopic (exact) mass is 268 g/mol. The third kappa shape index (κ3) is 2.28. The highest BCUT2D eigenvalue weighted by Gasteiger charge is 2.18. The fourth-order valence-corrected chi connectivity index (χ4v) is 3.33. The second-order valence-electron chi connectivity index (χ2n) is 6.02. The first-order valence-corrected chi connectivity index (χ1v) is 7.87. The quantitative estimate of drug-likeness (QED) is 0.883. The Morgan fingerprint density at radius 1 is 1.15 bits per heavy atom. The highest BCUT2D eigenvalue weighted by molar-refractivity contribution is 5.95. The van der Waals surface area contributed by atoms with Gasteiger partial charge in [-0.05, 0) is 63.1 Å². The standard InChI is InChI=1S/C18H24N2/c1-4-9-19-18-14-7-5-6-8-16(14)20-17-13(3)10-12(2)11-15(17)18/h10-11H,4-9H2,1-3H3,(H,19,20). The largest absolute Gasteiger partial charge is 0.384 e. The van der Waals surface area contributed by atoms with Crippen molar-refractivity contribution in [2.24, 2.45) is 0 Å². The number of aromatic nitrogens is 1. The molecule has 0 bridgehead atoms. The van der Waals surface area contributed by atoms with Gasteiger partial charge < -0.3 is 5.32 Å². The zero-order valence-electron chi connectivity index (χ0n) is 12.8. The van der Waals surface area contributed by atoms with Crippen molar-refractivity contribution in [1.29, 1.82) is 0 Å². The van der Waals surface area contributed by atoms with Crippen molar-refractivity contribution in [3.05, 3.63) is 34.5 Å². The Balaban J connectivity index is 2.27. The van der Waals surface area contributed by atoms with Gasteiger partial charge in [-0.1, -0.05) is 18.6 Å². The number of anilines is 1. The summed E-state index contributed by atoms with van der Waals surface area (Å²) in [5.41, 5.74) is 7.98. The molecule has 3 rings (SSSR count). The molecular weight excluding hydrogens is 244 g/mol. The van der Waals surface area contributed by atoms with Crippen LogP contribution in [-0.2, 0) is 12.8 Å². The minimum atomic E-state index is 1.04. The lowest BCUT2D eigenvalue weighted by Gasteiger charge is -2.22. The molecule has 0 radical (unpaired) electrons. The number of rotatable bonds is 3. The van der Waals surface area contributed by atoms with Crippen LogP contribution in [0.4, 0.5) is 5.69 Å². The number of aryl methyl sites for hydroxylation is 3. The number of fused-ring (bicyclic) bond motifs is 2. The Labute approximate surface area is 121 Å². The van der Waals surface area contributed by atoms with Crippen LogP contribution in [0.25, 0.3) is 10.9 Å². The number of hydrogen-bond donors (Lipinski definition) is 1. The van der Waals surface area contributed by atoms with Crippen LogP contribution in [-0.4, -0.2) is 11.5 Å². The van der Waals surface area contributed by atoms with Gasteiger partial charge in [0, 0.05) is 23.3 Å². The summed E-state index contributed by atoms with van der Waals surface area (Å²) in [6.07, 6.45) is 6.05. The summed E-state index contributed by atoms with van der Waals surface area (Å²) in [4.78, 5) is 4.99. The Bertz CT molecular complexity index is 644. The molecule has 1 aliphatic rings. The van der Waals surface area contributed by atoms with Gasteiger partial charge in [0.15, 0.2) is 0 Å². The normalized spacial score (nSPS) is 14.3. The Hall–Kier alpha value is -1.57. The summed E-state index contributed by atoms with van der Waals surface area (Å²) in [7, 11) is 0. The van der Waals surface area contributed by atoms with Gasteiger partial charge in [0.1, 0.15) is 0 Å². The molecular formula is C18H24N2. The van der Waals surface area contributed by atoms with Crippen molar-refractivity contribution in [2.45, 2.75) is 52.9 Å². The van der Waals surface area contributed by atoms with Crippen LogP contribution in [0.3, 0.4) is 0 Å². The zero-order valence-corrected chi connectivity index (χ0v) is 12.8. The molecule has 0 fully saturated rings. The molecule has 1 aromatic heterocycles. The molecule has 1 N–H and O–H groups in total. The molecule has 2 aromatic rings. The van der Waals surface area contributed by atoms with Crippen LogP contribution in [0.15, 0.2) is 12.1 Å². The number of pyridine rings is 1. The van der Waals surface area contributed by atoms with Gasteiger partial charge in [0.25, 0.3) is 0 Å². The number of hydrogen-bond acceptors (Lipinski definition) is 2. The molecule has 2 nitrogen and oxygen atoms in total. The van der Waals surface area contributed by atoms with Crippen LogP contribution in [0, 0.1) is 13.8 Å². The highest BCUT2D eigenvalue weighted by Crippen LogP contribution is 2.35. The fourth-order valence-electron chi connectivity index (χ4n) is 3.33. The van der Waals surface area contributed by atoms with Gasteiger partial charge in [-0.25, -0.2) is 0 Å². The van der Waals surface area contributed by atoms with Crippen molar-refractivity contribution >= 4 is 16.6 Å². The summed E-state index contributed by atoms with van der Waals surface area (Å²) in [5.74, 6) is 0. The maximum atomic E-state index is 4.99. The maximum absolute atomic E-state index is 4.99. The maximum Gasteiger partial charge on any atom is 0.0755 e. The molecule has 0 aliphatic heterocycles. The van der Waals surface area contributed by atoms with Crippen molar-refractivity contribution in [3.63, 3.8) is 0 Å². The lowest BCUT2D eigenvalue weighted by Crippen LogP contribution is -2.12. The summed E-state index contributed by atoms with van der Waals surface area (Å²) in [6.45, 7) is 7.62. The van der Waals surface area contributed by atoms with E-state index in [-0.39, 0.29) is 0 Å². The fraction of sp³-hybridized carbons (Fsp3) is 0.500. The first-order valence-electron chi connectivity index (χ1n) is 7.87. The minimum Gasteiger partial charge on any atom is -0.384 e. The van der Waals surface area contributed by atoms with Crippen molar-refractivity contribution in [1.82, 2.24) is 4.98 Å². The average Bonchev–Trinajstić information content (AvgIpc) is 2.44. The van der Waals surface area contributed by atoms with Crippen LogP contribution >= 0.6 is 0 Å². The molecule has 2 heteroatoms. The van der Waals surface area contributed by atoms with Gasteiger partial charge in [-0.3, -0.25) is 4.98 Å². The summed E-state index contributed by atoms with van der Waals surface area (Å²) < 4.78 is 0. The van der Waals surface area contributed by atoms with Crippen molar-refractivity contribution in [2.75, 3.05) is 11.9 Å². The first kappa shape index (κ1) is 13.4. The van der Waals surface area contributed by atoms with Gasteiger partial charge >= 0.3 is 0 Å². The Morgan fingerprint density at radius 3 is 2.75 bits per heavy atom. The van der Waals surface area contributed by atoms with Gasteiger partial charge in [0.2, 0.25) is 0 Å². The summed E-state index contributed by atoms with van der Waals surface area (Å²) >= 11 is 0. The molecule has 0 atom stereocenters. The number of nitrogens with zero attached hydrogens (tertiary/aromatic N) is 1.